The van der Waals surface area contributed by atoms with Crippen LogP contribution in [0.25, 0.3) is 0 Å². The number of carbonyl (C=O) groups is 3. The number of para-hydroxylation sites is 1. The number of carbonyl (C=O) groups excluding carboxylic acids is 3. The number of urea groups is 1. The van der Waals surface area contributed by atoms with E-state index in [1.807, 2.05) is 38.1 Å². The van der Waals surface area contributed by atoms with E-state index < -0.39 is 11.6 Å². The number of hydrogen-bond acceptors (Lipinski definition) is 4. The van der Waals surface area contributed by atoms with Crippen LogP contribution in [0.15, 0.2) is 24.3 Å². The first kappa shape index (κ1) is 17.3. The van der Waals surface area contributed by atoms with Crippen molar-refractivity contribution in [3.05, 3.63) is 29.8 Å². The van der Waals surface area contributed by atoms with Gasteiger partial charge >= 0.3 is 6.03 Å². The minimum absolute atomic E-state index is 0.176. The van der Waals surface area contributed by atoms with Crippen LogP contribution in [0.2, 0.25) is 0 Å². The molecule has 2 N–H and O–H groups in total. The van der Waals surface area contributed by atoms with Crippen molar-refractivity contribution < 1.29 is 19.1 Å². The molecule has 7 nitrogen and oxygen atoms in total. The maximum absolute atomic E-state index is 12.5. The highest BCUT2D eigenvalue weighted by atomic mass is 16.5. The van der Waals surface area contributed by atoms with Crippen LogP contribution in [0.3, 0.4) is 0 Å². The zero-order chi connectivity index (χ0) is 18.0. The SMILES string of the molecule is CCC1(CC)NC(=O)N(CC(=O)NC2COc3ccccc3C2)C1=O. The molecule has 134 valence electrons. The lowest BCUT2D eigenvalue weighted by Gasteiger charge is -2.27. The van der Waals surface area contributed by atoms with E-state index in [2.05, 4.69) is 10.6 Å². The summed E-state index contributed by atoms with van der Waals surface area (Å²) < 4.78 is 5.64. The molecule has 0 aromatic heterocycles. The van der Waals surface area contributed by atoms with Gasteiger partial charge in [-0.2, -0.15) is 0 Å². The smallest absolute Gasteiger partial charge is 0.325 e. The Balaban J connectivity index is 1.60. The summed E-state index contributed by atoms with van der Waals surface area (Å²) in [6, 6.07) is 7.01. The number of imide groups is 1. The Bertz CT molecular complexity index is 699. The average Bonchev–Trinajstić information content (AvgIpc) is 2.86. The summed E-state index contributed by atoms with van der Waals surface area (Å²) in [5.74, 6) is 0.139. The van der Waals surface area contributed by atoms with Crippen molar-refractivity contribution in [1.82, 2.24) is 15.5 Å². The Morgan fingerprint density at radius 3 is 2.72 bits per heavy atom. The molecule has 2 aliphatic heterocycles. The second kappa shape index (κ2) is 6.74. The van der Waals surface area contributed by atoms with Gasteiger partial charge in [-0.1, -0.05) is 32.0 Å². The third-order valence-corrected chi connectivity index (χ3v) is 5.00. The van der Waals surface area contributed by atoms with Gasteiger partial charge in [-0.15, -0.1) is 0 Å². The molecule has 0 spiro atoms. The maximum Gasteiger partial charge on any atom is 0.325 e. The van der Waals surface area contributed by atoms with E-state index in [4.69, 9.17) is 4.74 Å². The van der Waals surface area contributed by atoms with Crippen molar-refractivity contribution in [2.45, 2.75) is 44.7 Å². The fourth-order valence-electron chi connectivity index (χ4n) is 3.39. The number of rotatable bonds is 5. The van der Waals surface area contributed by atoms with Crippen molar-refractivity contribution in [2.24, 2.45) is 0 Å². The van der Waals surface area contributed by atoms with Crippen LogP contribution in [-0.2, 0) is 16.0 Å². The molecular formula is C18H23N3O4. The molecule has 3 rings (SSSR count). The van der Waals surface area contributed by atoms with Gasteiger partial charge in [-0.05, 0) is 30.9 Å². The van der Waals surface area contributed by atoms with E-state index in [1.165, 1.54) is 0 Å². The Morgan fingerprint density at radius 1 is 1.32 bits per heavy atom. The number of ether oxygens (including phenoxy) is 1. The summed E-state index contributed by atoms with van der Waals surface area (Å²) in [5, 5.41) is 5.57. The second-order valence-electron chi connectivity index (χ2n) is 6.50. The Hall–Kier alpha value is -2.57. The predicted octanol–water partition coefficient (Wildman–Crippen LogP) is 1.22. The van der Waals surface area contributed by atoms with Crippen LogP contribution in [0.4, 0.5) is 4.79 Å². The van der Waals surface area contributed by atoms with Crippen LogP contribution < -0.4 is 15.4 Å². The fourth-order valence-corrected chi connectivity index (χ4v) is 3.39. The molecule has 7 heteroatoms. The Labute approximate surface area is 146 Å². The molecule has 0 radical (unpaired) electrons. The Kier molecular flexibility index (Phi) is 4.65. The van der Waals surface area contributed by atoms with Gasteiger partial charge in [0.2, 0.25) is 5.91 Å². The van der Waals surface area contributed by atoms with Crippen molar-refractivity contribution in [1.29, 1.82) is 0 Å². The van der Waals surface area contributed by atoms with E-state index >= 15 is 0 Å². The summed E-state index contributed by atoms with van der Waals surface area (Å²) in [5.41, 5.74) is 0.148. The molecular weight excluding hydrogens is 322 g/mol. The second-order valence-corrected chi connectivity index (χ2v) is 6.50. The molecule has 1 fully saturated rings. The largest absolute Gasteiger partial charge is 0.491 e. The summed E-state index contributed by atoms with van der Waals surface area (Å²) in [4.78, 5) is 37.9. The third kappa shape index (κ3) is 3.18. The summed E-state index contributed by atoms with van der Waals surface area (Å²) in [6.45, 7) is 3.80. The zero-order valence-electron chi connectivity index (χ0n) is 14.5. The number of hydrogen-bond donors (Lipinski definition) is 2. The normalized spacial score (nSPS) is 21.4. The molecule has 1 aromatic rings. The molecule has 4 amide bonds. The van der Waals surface area contributed by atoms with E-state index in [-0.39, 0.29) is 24.4 Å². The first-order valence-corrected chi connectivity index (χ1v) is 8.63. The van der Waals surface area contributed by atoms with E-state index in [0.717, 1.165) is 16.2 Å². The highest BCUT2D eigenvalue weighted by molar-refractivity contribution is 6.09. The van der Waals surface area contributed by atoms with Gasteiger partial charge in [0.1, 0.15) is 24.4 Å². The van der Waals surface area contributed by atoms with Crippen molar-refractivity contribution in [2.75, 3.05) is 13.2 Å². The third-order valence-electron chi connectivity index (χ3n) is 5.00. The monoisotopic (exact) mass is 345 g/mol. The first-order chi connectivity index (χ1) is 12.0. The maximum atomic E-state index is 12.5. The molecule has 1 unspecified atom stereocenters. The van der Waals surface area contributed by atoms with Crippen LogP contribution in [0.1, 0.15) is 32.3 Å². The van der Waals surface area contributed by atoms with Gasteiger partial charge in [0.15, 0.2) is 0 Å². The average molecular weight is 345 g/mol. The minimum atomic E-state index is -0.885. The fraction of sp³-hybridized carbons (Fsp3) is 0.500. The highest BCUT2D eigenvalue weighted by Gasteiger charge is 2.49. The van der Waals surface area contributed by atoms with Crippen LogP contribution in [0.5, 0.6) is 5.75 Å². The molecule has 2 heterocycles. The quantitative estimate of drug-likeness (QED) is 0.786. The van der Waals surface area contributed by atoms with Crippen molar-refractivity contribution in [3.63, 3.8) is 0 Å². The summed E-state index contributed by atoms with van der Waals surface area (Å²) in [7, 11) is 0. The number of nitrogens with zero attached hydrogens (tertiary/aromatic N) is 1. The molecule has 1 aromatic carbocycles. The van der Waals surface area contributed by atoms with E-state index in [9.17, 15) is 14.4 Å². The molecule has 0 aliphatic carbocycles. The van der Waals surface area contributed by atoms with Crippen molar-refractivity contribution in [3.8, 4) is 5.75 Å². The van der Waals surface area contributed by atoms with E-state index in [1.54, 1.807) is 0 Å². The van der Waals surface area contributed by atoms with Gasteiger partial charge in [-0.3, -0.25) is 14.5 Å². The van der Waals surface area contributed by atoms with Gasteiger partial charge in [0.05, 0.1) is 6.04 Å². The Morgan fingerprint density at radius 2 is 2.04 bits per heavy atom. The standard InChI is InChI=1S/C18H23N3O4/c1-3-18(4-2)16(23)21(17(24)20-18)10-15(22)19-13-9-12-7-5-6-8-14(12)25-11-13/h5-8,13H,3-4,9-11H2,1-2H3,(H,19,22)(H,20,24). The van der Waals surface area contributed by atoms with E-state index in [0.29, 0.717) is 25.9 Å². The molecule has 1 atom stereocenters. The van der Waals surface area contributed by atoms with Crippen LogP contribution in [0, 0.1) is 0 Å². The lowest BCUT2D eigenvalue weighted by molar-refractivity contribution is -0.135. The van der Waals surface area contributed by atoms with Gasteiger partial charge < -0.3 is 15.4 Å². The van der Waals surface area contributed by atoms with Crippen molar-refractivity contribution >= 4 is 17.8 Å². The zero-order valence-corrected chi connectivity index (χ0v) is 14.5. The van der Waals surface area contributed by atoms with Crippen LogP contribution >= 0.6 is 0 Å². The molecule has 1 saturated heterocycles. The lowest BCUT2D eigenvalue weighted by Crippen LogP contribution is -2.49. The van der Waals surface area contributed by atoms with Crippen LogP contribution in [-0.4, -0.2) is 47.5 Å². The molecule has 25 heavy (non-hydrogen) atoms. The molecule has 0 bridgehead atoms. The topological polar surface area (TPSA) is 87.7 Å². The summed E-state index contributed by atoms with van der Waals surface area (Å²) in [6.07, 6.45) is 1.66. The van der Waals surface area contributed by atoms with Gasteiger partial charge in [-0.25, -0.2) is 4.79 Å². The number of nitrogens with one attached hydrogen (secondary N) is 2. The number of benzene rings is 1. The van der Waals surface area contributed by atoms with Gasteiger partial charge in [0, 0.05) is 0 Å². The van der Waals surface area contributed by atoms with Gasteiger partial charge in [0.25, 0.3) is 5.91 Å². The first-order valence-electron chi connectivity index (χ1n) is 8.63. The summed E-state index contributed by atoms with van der Waals surface area (Å²) >= 11 is 0. The lowest BCUT2D eigenvalue weighted by atomic mass is 9.93. The molecule has 2 aliphatic rings. The predicted molar refractivity (Wildman–Crippen MR) is 91.1 cm³/mol. The number of fused-ring (bicyclic) bond motifs is 1. The highest BCUT2D eigenvalue weighted by Crippen LogP contribution is 2.25. The molecule has 0 saturated carbocycles. The minimum Gasteiger partial charge on any atom is -0.491 e. The number of amides is 4.